The molecular formula is C21H23N7O2S. The molecule has 31 heavy (non-hydrogen) atoms. The Balaban J connectivity index is 1.66. The third-order valence-corrected chi connectivity index (χ3v) is 6.02. The van der Waals surface area contributed by atoms with Gasteiger partial charge >= 0.3 is 0 Å². The van der Waals surface area contributed by atoms with Gasteiger partial charge in [-0.25, -0.2) is 15.0 Å². The zero-order chi connectivity index (χ0) is 22.0. The van der Waals surface area contributed by atoms with Crippen LogP contribution in [0.15, 0.2) is 30.7 Å². The van der Waals surface area contributed by atoms with Crippen LogP contribution in [-0.4, -0.2) is 63.8 Å². The van der Waals surface area contributed by atoms with Crippen LogP contribution in [0, 0.1) is 6.92 Å². The van der Waals surface area contributed by atoms with Crippen molar-refractivity contribution in [3.8, 4) is 11.3 Å². The molecule has 2 amide bonds. The first kappa shape index (κ1) is 20.9. The van der Waals surface area contributed by atoms with Crippen molar-refractivity contribution in [3.63, 3.8) is 0 Å². The summed E-state index contributed by atoms with van der Waals surface area (Å²) in [7, 11) is 3.36. The van der Waals surface area contributed by atoms with Crippen LogP contribution in [0.1, 0.15) is 38.6 Å². The van der Waals surface area contributed by atoms with E-state index in [4.69, 9.17) is 4.98 Å². The zero-order valence-corrected chi connectivity index (χ0v) is 18.4. The number of hydrogen-bond acceptors (Lipinski definition) is 8. The molecule has 0 unspecified atom stereocenters. The molecule has 9 nitrogen and oxygen atoms in total. The van der Waals surface area contributed by atoms with Crippen LogP contribution < -0.4 is 10.2 Å². The SMILES string of the molecule is Cc1nc(NC(=O)c2cnc(N3CCCC3)nc2-c2cccnc2)sc1C(=O)N(C)C. The number of pyridine rings is 1. The number of thiazole rings is 1. The molecule has 4 rings (SSSR count). The molecule has 3 aromatic rings. The quantitative estimate of drug-likeness (QED) is 0.654. The van der Waals surface area contributed by atoms with Crippen molar-refractivity contribution in [1.29, 1.82) is 0 Å². The van der Waals surface area contributed by atoms with E-state index in [9.17, 15) is 9.59 Å². The number of hydrogen-bond donors (Lipinski definition) is 1. The molecule has 1 aliphatic heterocycles. The lowest BCUT2D eigenvalue weighted by Crippen LogP contribution is -2.22. The number of aromatic nitrogens is 4. The Morgan fingerprint density at radius 2 is 1.94 bits per heavy atom. The maximum atomic E-state index is 13.1. The van der Waals surface area contributed by atoms with Crippen LogP contribution >= 0.6 is 11.3 Å². The van der Waals surface area contributed by atoms with Gasteiger partial charge in [0.2, 0.25) is 5.95 Å². The molecule has 0 spiro atoms. The summed E-state index contributed by atoms with van der Waals surface area (Å²) in [6.45, 7) is 3.55. The lowest BCUT2D eigenvalue weighted by molar-refractivity contribution is 0.0831. The first-order valence-corrected chi connectivity index (χ1v) is 10.8. The summed E-state index contributed by atoms with van der Waals surface area (Å²) >= 11 is 1.15. The van der Waals surface area contributed by atoms with Crippen molar-refractivity contribution in [2.24, 2.45) is 0 Å². The molecule has 0 atom stereocenters. The van der Waals surface area contributed by atoms with E-state index in [2.05, 4.69) is 25.2 Å². The maximum Gasteiger partial charge on any atom is 0.265 e. The second kappa shape index (κ2) is 8.76. The van der Waals surface area contributed by atoms with Crippen LogP contribution in [0.4, 0.5) is 11.1 Å². The predicted molar refractivity (Wildman–Crippen MR) is 120 cm³/mol. The standard InChI is InChI=1S/C21H23N7O2S/c1-13-17(19(30)27(2)3)31-21(24-13)26-18(29)15-12-23-20(28-9-4-5-10-28)25-16(15)14-7-6-8-22-11-14/h6-8,11-12H,4-5,9-10H2,1-3H3,(H,24,26,29). The Morgan fingerprint density at radius 3 is 2.61 bits per heavy atom. The lowest BCUT2D eigenvalue weighted by atomic mass is 10.1. The van der Waals surface area contributed by atoms with Gasteiger partial charge in [0, 0.05) is 51.3 Å². The Hall–Kier alpha value is -3.40. The number of carbonyl (C=O) groups excluding carboxylic acids is 2. The predicted octanol–water partition coefficient (Wildman–Crippen LogP) is 2.86. The molecule has 10 heteroatoms. The van der Waals surface area contributed by atoms with E-state index in [1.165, 1.54) is 4.90 Å². The van der Waals surface area contributed by atoms with Crippen molar-refractivity contribution < 1.29 is 9.59 Å². The lowest BCUT2D eigenvalue weighted by Gasteiger charge is -2.17. The molecular weight excluding hydrogens is 414 g/mol. The highest BCUT2D eigenvalue weighted by atomic mass is 32.1. The van der Waals surface area contributed by atoms with Crippen molar-refractivity contribution in [1.82, 2.24) is 24.8 Å². The van der Waals surface area contributed by atoms with E-state index in [1.54, 1.807) is 45.7 Å². The molecule has 160 valence electrons. The number of nitrogens with zero attached hydrogens (tertiary/aromatic N) is 6. The Morgan fingerprint density at radius 1 is 1.16 bits per heavy atom. The van der Waals surface area contributed by atoms with E-state index in [0.717, 1.165) is 42.8 Å². The monoisotopic (exact) mass is 437 g/mol. The first-order chi connectivity index (χ1) is 14.9. The van der Waals surface area contributed by atoms with E-state index in [1.807, 2.05) is 6.07 Å². The summed E-state index contributed by atoms with van der Waals surface area (Å²) in [6.07, 6.45) is 7.10. The van der Waals surface area contributed by atoms with E-state index in [0.29, 0.717) is 32.9 Å². The van der Waals surface area contributed by atoms with Gasteiger partial charge in [-0.2, -0.15) is 0 Å². The van der Waals surface area contributed by atoms with Crippen LogP contribution in [0.5, 0.6) is 0 Å². The number of amides is 2. The highest BCUT2D eigenvalue weighted by Gasteiger charge is 2.23. The fraction of sp³-hybridized carbons (Fsp3) is 0.333. The molecule has 0 aliphatic carbocycles. The molecule has 0 aromatic carbocycles. The average molecular weight is 438 g/mol. The van der Waals surface area contributed by atoms with E-state index in [-0.39, 0.29) is 11.8 Å². The van der Waals surface area contributed by atoms with Crippen molar-refractivity contribution in [2.75, 3.05) is 37.4 Å². The van der Waals surface area contributed by atoms with E-state index >= 15 is 0 Å². The molecule has 0 bridgehead atoms. The minimum Gasteiger partial charge on any atom is -0.344 e. The van der Waals surface area contributed by atoms with Gasteiger partial charge in [0.25, 0.3) is 11.8 Å². The molecule has 1 fully saturated rings. The van der Waals surface area contributed by atoms with Gasteiger partial charge in [0.15, 0.2) is 5.13 Å². The molecule has 0 saturated carbocycles. The number of aryl methyl sites for hydroxylation is 1. The normalized spacial score (nSPS) is 13.3. The summed E-state index contributed by atoms with van der Waals surface area (Å²) in [4.78, 5) is 47.1. The smallest absolute Gasteiger partial charge is 0.265 e. The van der Waals surface area contributed by atoms with Crippen LogP contribution in [0.25, 0.3) is 11.3 Å². The molecule has 0 radical (unpaired) electrons. The van der Waals surface area contributed by atoms with Crippen molar-refractivity contribution >= 4 is 34.2 Å². The van der Waals surface area contributed by atoms with Crippen LogP contribution in [0.2, 0.25) is 0 Å². The van der Waals surface area contributed by atoms with Gasteiger partial charge in [0.1, 0.15) is 4.88 Å². The fourth-order valence-electron chi connectivity index (χ4n) is 3.35. The number of anilines is 2. The fourth-order valence-corrected chi connectivity index (χ4v) is 4.33. The topological polar surface area (TPSA) is 104 Å². The molecule has 1 saturated heterocycles. The Kier molecular flexibility index (Phi) is 5.90. The molecule has 1 aliphatic rings. The maximum absolute atomic E-state index is 13.1. The van der Waals surface area contributed by atoms with Gasteiger partial charge in [-0.15, -0.1) is 0 Å². The van der Waals surface area contributed by atoms with Gasteiger partial charge in [-0.1, -0.05) is 11.3 Å². The zero-order valence-electron chi connectivity index (χ0n) is 17.6. The minimum atomic E-state index is -0.385. The third-order valence-electron chi connectivity index (χ3n) is 4.96. The van der Waals surface area contributed by atoms with Gasteiger partial charge < -0.3 is 9.80 Å². The largest absolute Gasteiger partial charge is 0.344 e. The highest BCUT2D eigenvalue weighted by molar-refractivity contribution is 7.17. The van der Waals surface area contributed by atoms with Crippen LogP contribution in [-0.2, 0) is 0 Å². The minimum absolute atomic E-state index is 0.148. The van der Waals surface area contributed by atoms with Gasteiger partial charge in [-0.3, -0.25) is 19.9 Å². The Bertz CT molecular complexity index is 1110. The molecule has 4 heterocycles. The second-order valence-corrected chi connectivity index (χ2v) is 8.45. The van der Waals surface area contributed by atoms with Gasteiger partial charge in [0.05, 0.1) is 17.0 Å². The molecule has 1 N–H and O–H groups in total. The van der Waals surface area contributed by atoms with E-state index < -0.39 is 0 Å². The number of rotatable bonds is 5. The number of carbonyl (C=O) groups is 2. The summed E-state index contributed by atoms with van der Waals surface area (Å²) < 4.78 is 0. The Labute approximate surface area is 184 Å². The average Bonchev–Trinajstić information content (AvgIpc) is 3.43. The summed E-state index contributed by atoms with van der Waals surface area (Å²) in [6, 6.07) is 3.67. The summed E-state index contributed by atoms with van der Waals surface area (Å²) in [5, 5.41) is 3.15. The highest BCUT2D eigenvalue weighted by Crippen LogP contribution is 2.27. The second-order valence-electron chi connectivity index (χ2n) is 7.46. The van der Waals surface area contributed by atoms with Crippen LogP contribution in [0.3, 0.4) is 0 Å². The molecule has 3 aromatic heterocycles. The van der Waals surface area contributed by atoms with Crippen molar-refractivity contribution in [2.45, 2.75) is 19.8 Å². The third kappa shape index (κ3) is 4.38. The van der Waals surface area contributed by atoms with Gasteiger partial charge in [-0.05, 0) is 31.9 Å². The summed E-state index contributed by atoms with van der Waals surface area (Å²) in [5.41, 5.74) is 2.14. The summed E-state index contributed by atoms with van der Waals surface area (Å²) in [5.74, 6) is 0.0751. The number of nitrogens with one attached hydrogen (secondary N) is 1. The van der Waals surface area contributed by atoms with Crippen molar-refractivity contribution in [3.05, 3.63) is 46.9 Å². The first-order valence-electron chi connectivity index (χ1n) is 9.97.